The van der Waals surface area contributed by atoms with E-state index in [-0.39, 0.29) is 19.3 Å². The van der Waals surface area contributed by atoms with Crippen molar-refractivity contribution in [2.45, 2.75) is 26.9 Å². The molecular formula is C10H18O5. The van der Waals surface area contributed by atoms with E-state index >= 15 is 0 Å². The predicted octanol–water partition coefficient (Wildman–Crippen LogP) is 1.29. The van der Waals surface area contributed by atoms with E-state index in [1.54, 1.807) is 6.92 Å². The van der Waals surface area contributed by atoms with Crippen LogP contribution < -0.4 is 0 Å². The maximum atomic E-state index is 4.99. The normalized spacial score (nSPS) is 11.7. The Morgan fingerprint density at radius 1 is 1.00 bits per heavy atom. The van der Waals surface area contributed by atoms with Crippen LogP contribution in [0.1, 0.15) is 20.8 Å². The highest BCUT2D eigenvalue weighted by Gasteiger charge is 2.11. The van der Waals surface area contributed by atoms with E-state index in [1.807, 2.05) is 13.8 Å². The van der Waals surface area contributed by atoms with E-state index in [4.69, 9.17) is 24.3 Å². The SMILES string of the molecule is CC#COCC(COOCC)OOCC. The maximum Gasteiger partial charge on any atom is 0.154 e. The second-order valence-electron chi connectivity index (χ2n) is 2.48. The zero-order valence-corrected chi connectivity index (χ0v) is 9.45. The molecule has 0 N–H and O–H groups in total. The van der Waals surface area contributed by atoms with Gasteiger partial charge in [0.05, 0.1) is 13.2 Å². The molecule has 0 spiro atoms. The lowest BCUT2D eigenvalue weighted by molar-refractivity contribution is -0.366. The molecule has 0 saturated heterocycles. The van der Waals surface area contributed by atoms with Gasteiger partial charge in [0.15, 0.2) is 6.10 Å². The molecule has 15 heavy (non-hydrogen) atoms. The molecule has 1 unspecified atom stereocenters. The van der Waals surface area contributed by atoms with Crippen LogP contribution >= 0.6 is 0 Å². The zero-order valence-electron chi connectivity index (χ0n) is 9.45. The standard InChI is InChI=1S/C10H18O5/c1-4-7-11-8-10(15-13-6-3)9-14-12-5-2/h10H,5-6,8-9H2,1-3H3. The third-order valence-corrected chi connectivity index (χ3v) is 1.22. The first-order chi connectivity index (χ1) is 7.35. The lowest BCUT2D eigenvalue weighted by Gasteiger charge is -2.13. The van der Waals surface area contributed by atoms with E-state index in [2.05, 4.69) is 12.0 Å². The fraction of sp³-hybridized carbons (Fsp3) is 0.800. The summed E-state index contributed by atoms with van der Waals surface area (Å²) in [5.74, 6) is 2.61. The fourth-order valence-corrected chi connectivity index (χ4v) is 0.682. The van der Waals surface area contributed by atoms with Crippen LogP contribution in [0.5, 0.6) is 0 Å². The van der Waals surface area contributed by atoms with Gasteiger partial charge in [-0.05, 0) is 13.8 Å². The molecule has 0 aromatic carbocycles. The molecule has 0 heterocycles. The highest BCUT2D eigenvalue weighted by molar-refractivity contribution is 4.85. The highest BCUT2D eigenvalue weighted by atomic mass is 17.2. The molecule has 0 saturated carbocycles. The molecule has 0 fully saturated rings. The Morgan fingerprint density at radius 2 is 1.73 bits per heavy atom. The van der Waals surface area contributed by atoms with Gasteiger partial charge in [0, 0.05) is 6.92 Å². The largest absolute Gasteiger partial charge is 0.444 e. The predicted molar refractivity (Wildman–Crippen MR) is 53.5 cm³/mol. The van der Waals surface area contributed by atoms with Crippen molar-refractivity contribution in [3.63, 3.8) is 0 Å². The van der Waals surface area contributed by atoms with Gasteiger partial charge in [-0.3, -0.25) is 0 Å². The average molecular weight is 218 g/mol. The summed E-state index contributed by atoms with van der Waals surface area (Å²) in [5, 5.41) is 0. The van der Waals surface area contributed by atoms with Gasteiger partial charge in [0.2, 0.25) is 0 Å². The minimum absolute atomic E-state index is 0.235. The quantitative estimate of drug-likeness (QED) is 0.252. The zero-order chi connectivity index (χ0) is 11.4. The van der Waals surface area contributed by atoms with Crippen molar-refractivity contribution in [3.05, 3.63) is 0 Å². The van der Waals surface area contributed by atoms with Crippen molar-refractivity contribution in [3.8, 4) is 12.0 Å². The van der Waals surface area contributed by atoms with Crippen LogP contribution in [-0.2, 0) is 24.3 Å². The molecule has 88 valence electrons. The Morgan fingerprint density at radius 3 is 2.33 bits per heavy atom. The Bertz CT molecular complexity index is 184. The average Bonchev–Trinajstić information content (AvgIpc) is 2.25. The summed E-state index contributed by atoms with van der Waals surface area (Å²) in [5.41, 5.74) is 0. The Hall–Kier alpha value is -0.800. The van der Waals surface area contributed by atoms with E-state index in [0.717, 1.165) is 0 Å². The number of rotatable bonds is 9. The van der Waals surface area contributed by atoms with Crippen LogP contribution in [-0.4, -0.2) is 32.5 Å². The van der Waals surface area contributed by atoms with Crippen molar-refractivity contribution >= 4 is 0 Å². The molecule has 5 nitrogen and oxygen atoms in total. The lowest BCUT2D eigenvalue weighted by atomic mass is 10.4. The Labute approximate surface area is 90.4 Å². The molecule has 0 aliphatic heterocycles. The van der Waals surface area contributed by atoms with Crippen LogP contribution in [0.25, 0.3) is 0 Å². The van der Waals surface area contributed by atoms with Gasteiger partial charge in [-0.1, -0.05) is 5.92 Å². The Balaban J connectivity index is 3.65. The molecule has 1 atom stereocenters. The molecule has 0 radical (unpaired) electrons. The van der Waals surface area contributed by atoms with Crippen molar-refractivity contribution in [1.29, 1.82) is 0 Å². The molecule has 0 amide bonds. The van der Waals surface area contributed by atoms with Crippen LogP contribution in [0.15, 0.2) is 0 Å². The monoisotopic (exact) mass is 218 g/mol. The summed E-state index contributed by atoms with van der Waals surface area (Å²) in [6, 6.07) is 0. The summed E-state index contributed by atoms with van der Waals surface area (Å²) in [7, 11) is 0. The van der Waals surface area contributed by atoms with Gasteiger partial charge >= 0.3 is 0 Å². The van der Waals surface area contributed by atoms with E-state index in [9.17, 15) is 0 Å². The summed E-state index contributed by atoms with van der Waals surface area (Å²) in [6.45, 7) is 6.80. The third-order valence-electron chi connectivity index (χ3n) is 1.22. The van der Waals surface area contributed by atoms with Crippen molar-refractivity contribution in [1.82, 2.24) is 0 Å². The van der Waals surface area contributed by atoms with Crippen LogP contribution in [0.4, 0.5) is 0 Å². The fourth-order valence-electron chi connectivity index (χ4n) is 0.682. The van der Waals surface area contributed by atoms with Crippen molar-refractivity contribution in [2.24, 2.45) is 0 Å². The minimum Gasteiger partial charge on any atom is -0.444 e. The molecule has 5 heteroatoms. The second-order valence-corrected chi connectivity index (χ2v) is 2.48. The first-order valence-corrected chi connectivity index (χ1v) is 4.91. The smallest absolute Gasteiger partial charge is 0.154 e. The number of hydrogen-bond donors (Lipinski definition) is 0. The molecule has 0 aromatic heterocycles. The lowest BCUT2D eigenvalue weighted by Crippen LogP contribution is -2.25. The second kappa shape index (κ2) is 11.3. The van der Waals surface area contributed by atoms with E-state index in [0.29, 0.717) is 13.2 Å². The summed E-state index contributed by atoms with van der Waals surface area (Å²) < 4.78 is 4.97. The van der Waals surface area contributed by atoms with Crippen molar-refractivity contribution < 1.29 is 24.3 Å². The van der Waals surface area contributed by atoms with Gasteiger partial charge in [0.25, 0.3) is 0 Å². The summed E-state index contributed by atoms with van der Waals surface area (Å²) in [6.07, 6.45) is 2.11. The highest BCUT2D eigenvalue weighted by Crippen LogP contribution is 1.96. The first kappa shape index (κ1) is 14.2. The van der Waals surface area contributed by atoms with Gasteiger partial charge in [-0.2, -0.15) is 0 Å². The summed E-state index contributed by atoms with van der Waals surface area (Å²) in [4.78, 5) is 19.3. The maximum absolute atomic E-state index is 4.99. The number of hydrogen-bond acceptors (Lipinski definition) is 5. The minimum atomic E-state index is -0.350. The molecule has 0 rings (SSSR count). The number of ether oxygens (including phenoxy) is 1. The topological polar surface area (TPSA) is 46.2 Å². The molecule has 0 bridgehead atoms. The van der Waals surface area contributed by atoms with Gasteiger partial charge in [-0.25, -0.2) is 19.6 Å². The molecule has 0 aromatic rings. The summed E-state index contributed by atoms with van der Waals surface area (Å²) >= 11 is 0. The third kappa shape index (κ3) is 9.50. The van der Waals surface area contributed by atoms with Crippen LogP contribution in [0.3, 0.4) is 0 Å². The van der Waals surface area contributed by atoms with Crippen molar-refractivity contribution in [2.75, 3.05) is 26.4 Å². The van der Waals surface area contributed by atoms with Crippen LogP contribution in [0.2, 0.25) is 0 Å². The van der Waals surface area contributed by atoms with Gasteiger partial charge in [-0.15, -0.1) is 0 Å². The molecule has 0 aliphatic rings. The molecular weight excluding hydrogens is 200 g/mol. The molecule has 0 aliphatic carbocycles. The van der Waals surface area contributed by atoms with Gasteiger partial charge in [0.1, 0.15) is 19.3 Å². The van der Waals surface area contributed by atoms with E-state index < -0.39 is 0 Å². The van der Waals surface area contributed by atoms with E-state index in [1.165, 1.54) is 0 Å². The van der Waals surface area contributed by atoms with Gasteiger partial charge < -0.3 is 4.74 Å². The van der Waals surface area contributed by atoms with Crippen LogP contribution in [0, 0.1) is 12.0 Å². The Kier molecular flexibility index (Phi) is 10.7. The first-order valence-electron chi connectivity index (χ1n) is 4.91.